The fraction of sp³-hybridized carbons (Fsp3) is 0.385. The molecule has 0 amide bonds. The molecule has 1 nitrogen and oxygen atoms in total. The number of nitrogens with zero attached hydrogens (tertiary/aromatic N) is 1. The van der Waals surface area contributed by atoms with Crippen LogP contribution in [-0.2, 0) is 6.54 Å². The van der Waals surface area contributed by atoms with Crippen molar-refractivity contribution in [3.05, 3.63) is 35.5 Å². The summed E-state index contributed by atoms with van der Waals surface area (Å²) in [5, 5.41) is 1.37. The molecule has 0 atom stereocenters. The highest BCUT2D eigenvalue weighted by Crippen LogP contribution is 2.22. The van der Waals surface area contributed by atoms with Gasteiger partial charge in [-0.1, -0.05) is 25.1 Å². The topological polar surface area (TPSA) is 4.93 Å². The molecule has 0 spiro atoms. The maximum atomic E-state index is 2.42. The predicted octanol–water partition coefficient (Wildman–Crippen LogP) is 3.67. The molecule has 1 aromatic heterocycles. The van der Waals surface area contributed by atoms with Crippen LogP contribution in [0.3, 0.4) is 0 Å². The summed E-state index contributed by atoms with van der Waals surface area (Å²) in [5.41, 5.74) is 4.16. The standard InChI is InChI=1S/C13H17N/c1-4-8-14-11(3)9-12-7-5-6-10(2)13(12)14/h5-7,9H,4,8H2,1-3H3. The largest absolute Gasteiger partial charge is 0.345 e. The quantitative estimate of drug-likeness (QED) is 0.676. The molecule has 0 unspecified atom stereocenters. The number of hydrogen-bond acceptors (Lipinski definition) is 0. The van der Waals surface area contributed by atoms with Crippen LogP contribution in [0.4, 0.5) is 0 Å². The first kappa shape index (κ1) is 9.32. The van der Waals surface area contributed by atoms with Gasteiger partial charge < -0.3 is 4.57 Å². The van der Waals surface area contributed by atoms with E-state index in [4.69, 9.17) is 0 Å². The Labute approximate surface area is 85.4 Å². The smallest absolute Gasteiger partial charge is 0.0512 e. The van der Waals surface area contributed by atoms with Gasteiger partial charge in [0.1, 0.15) is 0 Å². The second-order valence-electron chi connectivity index (χ2n) is 3.95. The van der Waals surface area contributed by atoms with Gasteiger partial charge in [-0.2, -0.15) is 0 Å². The average molecular weight is 187 g/mol. The molecule has 0 aliphatic carbocycles. The fourth-order valence-electron chi connectivity index (χ4n) is 2.16. The molecule has 74 valence electrons. The van der Waals surface area contributed by atoms with Crippen LogP contribution in [0.5, 0.6) is 0 Å². The molecule has 1 heterocycles. The monoisotopic (exact) mass is 187 g/mol. The highest BCUT2D eigenvalue weighted by atomic mass is 15.0. The summed E-state index contributed by atoms with van der Waals surface area (Å²) < 4.78 is 2.42. The van der Waals surface area contributed by atoms with Crippen LogP contribution in [0.25, 0.3) is 10.9 Å². The third-order valence-electron chi connectivity index (χ3n) is 2.78. The lowest BCUT2D eigenvalue weighted by Crippen LogP contribution is -1.99. The molecule has 0 aliphatic heterocycles. The molecule has 1 heteroatoms. The zero-order chi connectivity index (χ0) is 10.1. The molecular formula is C13H17N. The van der Waals surface area contributed by atoms with Crippen LogP contribution >= 0.6 is 0 Å². The summed E-state index contributed by atoms with van der Waals surface area (Å²) in [5.74, 6) is 0. The number of rotatable bonds is 2. The maximum Gasteiger partial charge on any atom is 0.0512 e. The van der Waals surface area contributed by atoms with Gasteiger partial charge in [0, 0.05) is 17.6 Å². The second-order valence-corrected chi connectivity index (χ2v) is 3.95. The minimum absolute atomic E-state index is 1.13. The van der Waals surface area contributed by atoms with Gasteiger partial charge >= 0.3 is 0 Å². The molecule has 14 heavy (non-hydrogen) atoms. The summed E-state index contributed by atoms with van der Waals surface area (Å²) in [6.45, 7) is 7.73. The summed E-state index contributed by atoms with van der Waals surface area (Å²) in [4.78, 5) is 0. The molecule has 0 bridgehead atoms. The third kappa shape index (κ3) is 1.33. The maximum absolute atomic E-state index is 2.42. The Morgan fingerprint density at radius 2 is 2.00 bits per heavy atom. The predicted molar refractivity (Wildman–Crippen MR) is 61.7 cm³/mol. The van der Waals surface area contributed by atoms with Gasteiger partial charge in [0.05, 0.1) is 5.52 Å². The van der Waals surface area contributed by atoms with Crippen molar-refractivity contribution in [2.75, 3.05) is 0 Å². The van der Waals surface area contributed by atoms with E-state index < -0.39 is 0 Å². The van der Waals surface area contributed by atoms with Crippen molar-refractivity contribution in [1.82, 2.24) is 4.57 Å². The Hall–Kier alpha value is -1.24. The summed E-state index contributed by atoms with van der Waals surface area (Å²) in [6.07, 6.45) is 1.19. The van der Waals surface area contributed by atoms with Gasteiger partial charge in [0.2, 0.25) is 0 Å². The number of hydrogen-bond donors (Lipinski definition) is 0. The van der Waals surface area contributed by atoms with Crippen LogP contribution in [0.15, 0.2) is 24.3 Å². The van der Waals surface area contributed by atoms with Gasteiger partial charge in [0.25, 0.3) is 0 Å². The number of fused-ring (bicyclic) bond motifs is 1. The van der Waals surface area contributed by atoms with Gasteiger partial charge in [-0.25, -0.2) is 0 Å². The molecular weight excluding hydrogens is 170 g/mol. The zero-order valence-electron chi connectivity index (χ0n) is 9.17. The average Bonchev–Trinajstić information content (AvgIpc) is 2.45. The van der Waals surface area contributed by atoms with Crippen molar-refractivity contribution in [2.45, 2.75) is 33.7 Å². The van der Waals surface area contributed by atoms with Crippen LogP contribution < -0.4 is 0 Å². The van der Waals surface area contributed by atoms with Crippen LogP contribution in [0.2, 0.25) is 0 Å². The highest BCUT2D eigenvalue weighted by molar-refractivity contribution is 5.84. The lowest BCUT2D eigenvalue weighted by atomic mass is 10.2. The van der Waals surface area contributed by atoms with Gasteiger partial charge in [-0.05, 0) is 31.9 Å². The second kappa shape index (κ2) is 3.49. The Morgan fingerprint density at radius 1 is 1.21 bits per heavy atom. The minimum atomic E-state index is 1.13. The molecule has 0 saturated heterocycles. The number of para-hydroxylation sites is 1. The van der Waals surface area contributed by atoms with Crippen LogP contribution in [-0.4, -0.2) is 4.57 Å². The van der Waals surface area contributed by atoms with Crippen molar-refractivity contribution in [3.63, 3.8) is 0 Å². The van der Waals surface area contributed by atoms with E-state index in [0.717, 1.165) is 6.54 Å². The lowest BCUT2D eigenvalue weighted by molar-refractivity contribution is 0.684. The first-order chi connectivity index (χ1) is 6.74. The van der Waals surface area contributed by atoms with E-state index in [-0.39, 0.29) is 0 Å². The Kier molecular flexibility index (Phi) is 2.32. The summed E-state index contributed by atoms with van der Waals surface area (Å²) >= 11 is 0. The SMILES string of the molecule is CCCn1c(C)cc2cccc(C)c21. The van der Waals surface area contributed by atoms with Gasteiger partial charge in [-0.3, -0.25) is 0 Å². The van der Waals surface area contributed by atoms with E-state index in [0.29, 0.717) is 0 Å². The van der Waals surface area contributed by atoms with E-state index in [2.05, 4.69) is 49.6 Å². The number of aromatic nitrogens is 1. The Balaban J connectivity index is 2.73. The van der Waals surface area contributed by atoms with Crippen LogP contribution in [0.1, 0.15) is 24.6 Å². The molecule has 0 fully saturated rings. The van der Waals surface area contributed by atoms with E-state index in [1.165, 1.54) is 28.6 Å². The minimum Gasteiger partial charge on any atom is -0.345 e. The van der Waals surface area contributed by atoms with Crippen molar-refractivity contribution in [2.24, 2.45) is 0 Å². The van der Waals surface area contributed by atoms with Crippen molar-refractivity contribution in [3.8, 4) is 0 Å². The molecule has 0 radical (unpaired) electrons. The first-order valence-electron chi connectivity index (χ1n) is 5.29. The van der Waals surface area contributed by atoms with Crippen molar-refractivity contribution < 1.29 is 0 Å². The third-order valence-corrected chi connectivity index (χ3v) is 2.78. The van der Waals surface area contributed by atoms with E-state index in [9.17, 15) is 0 Å². The molecule has 2 aromatic rings. The van der Waals surface area contributed by atoms with Crippen molar-refractivity contribution >= 4 is 10.9 Å². The summed E-state index contributed by atoms with van der Waals surface area (Å²) in [7, 11) is 0. The zero-order valence-corrected chi connectivity index (χ0v) is 9.17. The number of aryl methyl sites for hydroxylation is 3. The Morgan fingerprint density at radius 3 is 2.71 bits per heavy atom. The molecule has 0 N–H and O–H groups in total. The fourth-order valence-corrected chi connectivity index (χ4v) is 2.16. The van der Waals surface area contributed by atoms with Crippen LogP contribution in [0, 0.1) is 13.8 Å². The normalized spacial score (nSPS) is 11.1. The summed E-state index contributed by atoms with van der Waals surface area (Å²) in [6, 6.07) is 8.79. The van der Waals surface area contributed by atoms with Gasteiger partial charge in [-0.15, -0.1) is 0 Å². The van der Waals surface area contributed by atoms with Crippen molar-refractivity contribution in [1.29, 1.82) is 0 Å². The van der Waals surface area contributed by atoms with E-state index in [1.54, 1.807) is 0 Å². The molecule has 2 rings (SSSR count). The Bertz CT molecular complexity index is 451. The molecule has 0 saturated carbocycles. The molecule has 1 aromatic carbocycles. The molecule has 0 aliphatic rings. The first-order valence-corrected chi connectivity index (χ1v) is 5.29. The van der Waals surface area contributed by atoms with E-state index >= 15 is 0 Å². The van der Waals surface area contributed by atoms with Gasteiger partial charge in [0.15, 0.2) is 0 Å². The number of benzene rings is 1. The highest BCUT2D eigenvalue weighted by Gasteiger charge is 2.05. The lowest BCUT2D eigenvalue weighted by Gasteiger charge is -2.07. The van der Waals surface area contributed by atoms with E-state index in [1.807, 2.05) is 0 Å².